The highest BCUT2D eigenvalue weighted by Crippen LogP contribution is 1.92. The highest BCUT2D eigenvalue weighted by Gasteiger charge is 1.76. The van der Waals surface area contributed by atoms with Gasteiger partial charge in [-0.3, -0.25) is 0 Å². The Kier molecular flexibility index (Phi) is 3.14. The first-order valence-corrected chi connectivity index (χ1v) is 2.33. The van der Waals surface area contributed by atoms with E-state index in [0.717, 1.165) is 12.5 Å². The van der Waals surface area contributed by atoms with Crippen molar-refractivity contribution in [3.8, 4) is 0 Å². The maximum atomic E-state index is 3.94. The normalized spacial score (nSPS) is 10.0. The van der Waals surface area contributed by atoms with Crippen molar-refractivity contribution >= 4 is 0 Å². The summed E-state index contributed by atoms with van der Waals surface area (Å²) in [6.45, 7) is 5.32. The van der Waals surface area contributed by atoms with Crippen molar-refractivity contribution in [1.29, 1.82) is 0 Å². The van der Waals surface area contributed by atoms with Crippen molar-refractivity contribution in [2.24, 2.45) is 5.92 Å². The van der Waals surface area contributed by atoms with Gasteiger partial charge in [-0.2, -0.15) is 7.05 Å². The fourth-order valence-electron chi connectivity index (χ4n) is 0.365. The summed E-state index contributed by atoms with van der Waals surface area (Å²) in [6.07, 6.45) is 0. The molecular formula is C5H12N-. The molecule has 0 fully saturated rings. The summed E-state index contributed by atoms with van der Waals surface area (Å²) in [5, 5.41) is 3.94. The van der Waals surface area contributed by atoms with Crippen molar-refractivity contribution in [2.75, 3.05) is 13.6 Å². The molecule has 0 radical (unpaired) electrons. The van der Waals surface area contributed by atoms with E-state index in [2.05, 4.69) is 19.2 Å². The molecule has 0 aromatic rings. The third-order valence-corrected chi connectivity index (χ3v) is 0.548. The Morgan fingerprint density at radius 3 is 2.00 bits per heavy atom. The minimum atomic E-state index is 0.731. The van der Waals surface area contributed by atoms with E-state index < -0.39 is 0 Å². The molecule has 0 atom stereocenters. The minimum Gasteiger partial charge on any atom is -0.665 e. The molecule has 0 saturated heterocycles. The zero-order valence-corrected chi connectivity index (χ0v) is 4.73. The van der Waals surface area contributed by atoms with Crippen LogP contribution in [0.15, 0.2) is 0 Å². The fourth-order valence-corrected chi connectivity index (χ4v) is 0.365. The van der Waals surface area contributed by atoms with Gasteiger partial charge in [-0.05, 0) is 0 Å². The van der Waals surface area contributed by atoms with Crippen molar-refractivity contribution in [2.45, 2.75) is 13.8 Å². The first-order valence-electron chi connectivity index (χ1n) is 2.33. The van der Waals surface area contributed by atoms with E-state index in [0.29, 0.717) is 0 Å². The molecule has 1 heteroatoms. The zero-order valence-electron chi connectivity index (χ0n) is 4.73. The molecular weight excluding hydrogens is 74.1 g/mol. The van der Waals surface area contributed by atoms with Gasteiger partial charge in [0.15, 0.2) is 0 Å². The van der Waals surface area contributed by atoms with Crippen LogP contribution < -0.4 is 0 Å². The van der Waals surface area contributed by atoms with Crippen LogP contribution in [-0.4, -0.2) is 13.6 Å². The molecule has 0 N–H and O–H groups in total. The lowest BCUT2D eigenvalue weighted by Crippen LogP contribution is -1.90. The molecule has 0 spiro atoms. The maximum absolute atomic E-state index is 3.94. The zero-order chi connectivity index (χ0) is 4.99. The maximum Gasteiger partial charge on any atom is -0.0644 e. The third kappa shape index (κ3) is 3.96. The predicted octanol–water partition coefficient (Wildman–Crippen LogP) is 1.65. The first kappa shape index (κ1) is 5.96. The van der Waals surface area contributed by atoms with E-state index in [-0.39, 0.29) is 0 Å². The summed E-state index contributed by atoms with van der Waals surface area (Å²) in [7, 11) is 1.85. The van der Waals surface area contributed by atoms with Crippen LogP contribution in [0.3, 0.4) is 0 Å². The first-order chi connectivity index (χ1) is 2.77. The molecule has 0 aliphatic heterocycles. The lowest BCUT2D eigenvalue weighted by atomic mass is 10.2. The monoisotopic (exact) mass is 86.1 g/mol. The lowest BCUT2D eigenvalue weighted by molar-refractivity contribution is 0.699. The molecule has 0 aromatic heterocycles. The summed E-state index contributed by atoms with van der Waals surface area (Å²) in [4.78, 5) is 0. The Balaban J connectivity index is 2.63. The average Bonchev–Trinajstić information content (AvgIpc) is 1.35. The second kappa shape index (κ2) is 3.16. The lowest BCUT2D eigenvalue weighted by Gasteiger charge is -2.12. The molecule has 6 heavy (non-hydrogen) atoms. The van der Waals surface area contributed by atoms with Crippen molar-refractivity contribution < 1.29 is 0 Å². The topological polar surface area (TPSA) is 14.1 Å². The van der Waals surface area contributed by atoms with Crippen LogP contribution in [0, 0.1) is 5.92 Å². The number of rotatable bonds is 2. The van der Waals surface area contributed by atoms with Gasteiger partial charge < -0.3 is 5.32 Å². The van der Waals surface area contributed by atoms with Gasteiger partial charge in [0.25, 0.3) is 0 Å². The summed E-state index contributed by atoms with van der Waals surface area (Å²) >= 11 is 0. The van der Waals surface area contributed by atoms with Gasteiger partial charge in [0.2, 0.25) is 0 Å². The van der Waals surface area contributed by atoms with E-state index in [9.17, 15) is 0 Å². The van der Waals surface area contributed by atoms with E-state index >= 15 is 0 Å². The third-order valence-electron chi connectivity index (χ3n) is 0.548. The standard InChI is InChI=1S/C5H12N/c1-5(2)4-6-3/h5H,4H2,1-3H3/q-1. The second-order valence-electron chi connectivity index (χ2n) is 1.89. The Labute approximate surface area is 39.7 Å². The van der Waals surface area contributed by atoms with Crippen molar-refractivity contribution in [3.63, 3.8) is 0 Å². The van der Waals surface area contributed by atoms with Gasteiger partial charge in [0.05, 0.1) is 0 Å². The van der Waals surface area contributed by atoms with E-state index in [1.54, 1.807) is 0 Å². The molecule has 0 aliphatic carbocycles. The largest absolute Gasteiger partial charge is 0.665 e. The molecule has 38 valence electrons. The smallest absolute Gasteiger partial charge is 0.0644 e. The number of nitrogens with zero attached hydrogens (tertiary/aromatic N) is 1. The van der Waals surface area contributed by atoms with Crippen LogP contribution >= 0.6 is 0 Å². The van der Waals surface area contributed by atoms with Gasteiger partial charge in [0.1, 0.15) is 0 Å². The summed E-state index contributed by atoms with van der Waals surface area (Å²) < 4.78 is 0. The van der Waals surface area contributed by atoms with Gasteiger partial charge in [-0.15, -0.1) is 6.54 Å². The van der Waals surface area contributed by atoms with Crippen LogP contribution in [0.4, 0.5) is 0 Å². The summed E-state index contributed by atoms with van der Waals surface area (Å²) in [5.74, 6) is 0.731. The van der Waals surface area contributed by atoms with Gasteiger partial charge in [-0.1, -0.05) is 19.8 Å². The molecule has 0 aliphatic rings. The van der Waals surface area contributed by atoms with Crippen molar-refractivity contribution in [3.05, 3.63) is 5.32 Å². The average molecular weight is 86.2 g/mol. The quantitative estimate of drug-likeness (QED) is 0.485. The highest BCUT2D eigenvalue weighted by atomic mass is 14.8. The fraction of sp³-hybridized carbons (Fsp3) is 1.00. The Morgan fingerprint density at radius 1 is 1.50 bits per heavy atom. The highest BCUT2D eigenvalue weighted by molar-refractivity contribution is 4.70. The van der Waals surface area contributed by atoms with Crippen LogP contribution in [-0.2, 0) is 0 Å². The Hall–Kier alpha value is -0.0400. The van der Waals surface area contributed by atoms with Gasteiger partial charge in [0, 0.05) is 0 Å². The number of hydrogen-bond donors (Lipinski definition) is 0. The van der Waals surface area contributed by atoms with Crippen LogP contribution in [0.2, 0.25) is 0 Å². The molecule has 0 saturated carbocycles. The molecule has 1 nitrogen and oxygen atoms in total. The van der Waals surface area contributed by atoms with Gasteiger partial charge >= 0.3 is 0 Å². The minimum absolute atomic E-state index is 0.731. The number of hydrogen-bond acceptors (Lipinski definition) is 0. The second-order valence-corrected chi connectivity index (χ2v) is 1.89. The molecule has 0 rings (SSSR count). The summed E-state index contributed by atoms with van der Waals surface area (Å²) in [5.41, 5.74) is 0. The molecule has 0 heterocycles. The van der Waals surface area contributed by atoms with E-state index in [1.165, 1.54) is 0 Å². The molecule has 0 amide bonds. The van der Waals surface area contributed by atoms with Crippen molar-refractivity contribution in [1.82, 2.24) is 0 Å². The Bertz CT molecular complexity index is 25.1. The van der Waals surface area contributed by atoms with E-state index in [4.69, 9.17) is 0 Å². The summed E-state index contributed by atoms with van der Waals surface area (Å²) in [6, 6.07) is 0. The van der Waals surface area contributed by atoms with Crippen LogP contribution in [0.1, 0.15) is 13.8 Å². The molecule has 0 unspecified atom stereocenters. The van der Waals surface area contributed by atoms with E-state index in [1.807, 2.05) is 7.05 Å². The molecule has 0 bridgehead atoms. The van der Waals surface area contributed by atoms with Crippen LogP contribution in [0.25, 0.3) is 5.32 Å². The predicted molar refractivity (Wildman–Crippen MR) is 29.0 cm³/mol. The van der Waals surface area contributed by atoms with Crippen LogP contribution in [0.5, 0.6) is 0 Å². The molecule has 0 aromatic carbocycles. The van der Waals surface area contributed by atoms with Gasteiger partial charge in [-0.25, -0.2) is 0 Å². The SMILES string of the molecule is C[N-]CC(C)C. The Morgan fingerprint density at radius 2 is 2.00 bits per heavy atom.